The fraction of sp³-hybridized carbons (Fsp3) is 0.360. The van der Waals surface area contributed by atoms with Crippen molar-refractivity contribution in [1.29, 1.82) is 10.5 Å². The number of carbonyl (C=O) groups excluding carboxylic acids is 1. The maximum Gasteiger partial charge on any atom is 0.161 e. The molecular weight excluding hydrogens is 418 g/mol. The van der Waals surface area contributed by atoms with Gasteiger partial charge in [-0.15, -0.1) is 11.3 Å². The molecule has 1 atom stereocenters. The number of aromatic nitrogens is 1. The number of nitriles is 2. The Morgan fingerprint density at radius 3 is 2.69 bits per heavy atom. The van der Waals surface area contributed by atoms with Crippen LogP contribution in [0.3, 0.4) is 0 Å². The van der Waals surface area contributed by atoms with Crippen LogP contribution in [0.2, 0.25) is 0 Å². The normalized spacial score (nSPS) is 20.9. The monoisotopic (exact) mass is 441 g/mol. The summed E-state index contributed by atoms with van der Waals surface area (Å²) in [5.41, 5.74) is 11.0. The standard InChI is InChI=1S/C25H23N5OS/c26-12-17-16-7-2-1-3-10-21(16)32-25(17)30-19-8-4-9-20(31)23(19)22(18(13-27)24(30)28)15-6-5-11-29-14-15/h5-6,11,14,22H,1-4,7-10,28H2. The van der Waals surface area contributed by atoms with Gasteiger partial charge in [-0.1, -0.05) is 12.5 Å². The molecule has 7 heteroatoms. The maximum absolute atomic E-state index is 13.2. The van der Waals surface area contributed by atoms with E-state index in [4.69, 9.17) is 5.73 Å². The van der Waals surface area contributed by atoms with Crippen molar-refractivity contribution in [1.82, 2.24) is 4.98 Å². The minimum absolute atomic E-state index is 0.0435. The summed E-state index contributed by atoms with van der Waals surface area (Å²) in [6, 6.07) is 8.40. The molecule has 0 aromatic carbocycles. The molecule has 2 aliphatic carbocycles. The van der Waals surface area contributed by atoms with Crippen LogP contribution >= 0.6 is 11.3 Å². The molecule has 0 saturated heterocycles. The zero-order valence-electron chi connectivity index (χ0n) is 17.7. The molecule has 1 aliphatic heterocycles. The number of nitrogens with two attached hydrogens (primary N) is 1. The van der Waals surface area contributed by atoms with E-state index in [2.05, 4.69) is 17.1 Å². The molecule has 0 fully saturated rings. The lowest BCUT2D eigenvalue weighted by Crippen LogP contribution is -2.38. The van der Waals surface area contributed by atoms with Crippen molar-refractivity contribution in [3.05, 3.63) is 68.8 Å². The second-order valence-electron chi connectivity index (χ2n) is 8.46. The highest BCUT2D eigenvalue weighted by atomic mass is 32.1. The first-order chi connectivity index (χ1) is 15.7. The predicted molar refractivity (Wildman–Crippen MR) is 122 cm³/mol. The molecule has 0 amide bonds. The molecule has 0 saturated carbocycles. The van der Waals surface area contributed by atoms with Gasteiger partial charge in [0.05, 0.1) is 23.1 Å². The number of aryl methyl sites for hydroxylation is 1. The van der Waals surface area contributed by atoms with Crippen molar-refractivity contribution >= 4 is 22.1 Å². The first kappa shape index (κ1) is 20.5. The second-order valence-corrected chi connectivity index (χ2v) is 9.54. The van der Waals surface area contributed by atoms with Gasteiger partial charge in [0.25, 0.3) is 0 Å². The first-order valence-corrected chi connectivity index (χ1v) is 11.9. The molecule has 5 rings (SSSR count). The fourth-order valence-corrected chi connectivity index (χ4v) is 6.58. The van der Waals surface area contributed by atoms with Crippen LogP contribution in [0.25, 0.3) is 0 Å². The number of hydrogen-bond donors (Lipinski definition) is 1. The van der Waals surface area contributed by atoms with Gasteiger partial charge in [-0.2, -0.15) is 10.5 Å². The molecule has 3 heterocycles. The molecule has 32 heavy (non-hydrogen) atoms. The van der Waals surface area contributed by atoms with E-state index < -0.39 is 5.92 Å². The Labute approximate surface area is 191 Å². The molecule has 160 valence electrons. The van der Waals surface area contributed by atoms with Gasteiger partial charge in [-0.25, -0.2) is 0 Å². The molecule has 3 aliphatic rings. The quantitative estimate of drug-likeness (QED) is 0.683. The lowest BCUT2D eigenvalue weighted by atomic mass is 9.76. The number of carbonyl (C=O) groups is 1. The molecule has 2 aromatic heterocycles. The Balaban J connectivity index is 1.75. The number of Topliss-reactive ketones (excluding diaryl/α,β-unsaturated/α-hetero) is 1. The van der Waals surface area contributed by atoms with Crippen molar-refractivity contribution < 1.29 is 4.79 Å². The summed E-state index contributed by atoms with van der Waals surface area (Å²) in [6.07, 6.45) is 10.4. The van der Waals surface area contributed by atoms with Crippen LogP contribution in [0.15, 0.2) is 47.2 Å². The summed E-state index contributed by atoms with van der Waals surface area (Å²) < 4.78 is 0. The molecule has 0 radical (unpaired) electrons. The van der Waals surface area contributed by atoms with Crippen LogP contribution in [0.4, 0.5) is 5.00 Å². The zero-order chi connectivity index (χ0) is 22.2. The highest BCUT2D eigenvalue weighted by Gasteiger charge is 2.41. The topological polar surface area (TPSA) is 107 Å². The van der Waals surface area contributed by atoms with E-state index in [1.165, 1.54) is 11.3 Å². The Hall–Kier alpha value is -3.42. The highest BCUT2D eigenvalue weighted by Crippen LogP contribution is 2.49. The summed E-state index contributed by atoms with van der Waals surface area (Å²) in [7, 11) is 0. The van der Waals surface area contributed by atoms with Crippen molar-refractivity contribution in [2.24, 2.45) is 5.73 Å². The largest absolute Gasteiger partial charge is 0.384 e. The van der Waals surface area contributed by atoms with Gasteiger partial charge < -0.3 is 5.73 Å². The van der Waals surface area contributed by atoms with Gasteiger partial charge in [-0.05, 0) is 55.7 Å². The molecule has 6 nitrogen and oxygen atoms in total. The minimum Gasteiger partial charge on any atom is -0.384 e. The van der Waals surface area contributed by atoms with Crippen LogP contribution in [-0.2, 0) is 17.6 Å². The van der Waals surface area contributed by atoms with Crippen LogP contribution in [0.1, 0.15) is 66.0 Å². The molecule has 1 unspecified atom stereocenters. The van der Waals surface area contributed by atoms with Crippen molar-refractivity contribution in [2.75, 3.05) is 4.90 Å². The summed E-state index contributed by atoms with van der Waals surface area (Å²) in [5, 5.41) is 21.0. The minimum atomic E-state index is -0.518. The van der Waals surface area contributed by atoms with E-state index in [0.29, 0.717) is 35.4 Å². The SMILES string of the molecule is N#CC1=C(N)N(c2sc3c(c2C#N)CCCCC3)C2=C(C(=O)CCC2)C1c1cccnc1. The number of hydrogen-bond acceptors (Lipinski definition) is 7. The predicted octanol–water partition coefficient (Wildman–Crippen LogP) is 4.59. The first-order valence-electron chi connectivity index (χ1n) is 11.1. The number of nitrogens with zero attached hydrogens (tertiary/aromatic N) is 4. The van der Waals surface area contributed by atoms with Crippen LogP contribution in [-0.4, -0.2) is 10.8 Å². The smallest absolute Gasteiger partial charge is 0.161 e. The molecule has 2 aromatic rings. The van der Waals surface area contributed by atoms with Crippen molar-refractivity contribution in [3.8, 4) is 12.1 Å². The maximum atomic E-state index is 13.2. The van der Waals surface area contributed by atoms with E-state index in [9.17, 15) is 15.3 Å². The van der Waals surface area contributed by atoms with Crippen LogP contribution in [0.5, 0.6) is 0 Å². The van der Waals surface area contributed by atoms with E-state index in [-0.39, 0.29) is 5.78 Å². The van der Waals surface area contributed by atoms with Crippen molar-refractivity contribution in [2.45, 2.75) is 57.3 Å². The van der Waals surface area contributed by atoms with Gasteiger partial charge in [0.1, 0.15) is 16.9 Å². The molecular formula is C25H23N5OS. The van der Waals surface area contributed by atoms with Gasteiger partial charge >= 0.3 is 0 Å². The number of fused-ring (bicyclic) bond motifs is 1. The third-order valence-corrected chi connectivity index (χ3v) is 7.93. The van der Waals surface area contributed by atoms with Gasteiger partial charge in [0.2, 0.25) is 0 Å². The average Bonchev–Trinajstić information content (AvgIpc) is 2.98. The number of rotatable bonds is 2. The lowest BCUT2D eigenvalue weighted by Gasteiger charge is -2.39. The Bertz CT molecular complexity index is 1240. The molecule has 0 spiro atoms. The Morgan fingerprint density at radius 2 is 1.94 bits per heavy atom. The van der Waals surface area contributed by atoms with E-state index in [0.717, 1.165) is 53.9 Å². The highest BCUT2D eigenvalue weighted by molar-refractivity contribution is 7.16. The van der Waals surface area contributed by atoms with Crippen LogP contribution < -0.4 is 10.6 Å². The summed E-state index contributed by atoms with van der Waals surface area (Å²) in [5.74, 6) is -0.152. The number of thiophene rings is 1. The Morgan fingerprint density at radius 1 is 1.09 bits per heavy atom. The van der Waals surface area contributed by atoms with Gasteiger partial charge in [0.15, 0.2) is 5.78 Å². The van der Waals surface area contributed by atoms with E-state index in [1.807, 2.05) is 17.0 Å². The van der Waals surface area contributed by atoms with Gasteiger partial charge in [-0.3, -0.25) is 14.7 Å². The molecule has 0 bridgehead atoms. The number of anilines is 1. The fourth-order valence-electron chi connectivity index (χ4n) is 5.20. The molecule has 2 N–H and O–H groups in total. The average molecular weight is 442 g/mol. The number of pyridine rings is 1. The number of ketones is 1. The van der Waals surface area contributed by atoms with Crippen LogP contribution in [0, 0.1) is 22.7 Å². The summed E-state index contributed by atoms with van der Waals surface area (Å²) >= 11 is 1.60. The van der Waals surface area contributed by atoms with E-state index >= 15 is 0 Å². The third-order valence-electron chi connectivity index (χ3n) is 6.65. The zero-order valence-corrected chi connectivity index (χ0v) is 18.5. The lowest BCUT2D eigenvalue weighted by molar-refractivity contribution is -0.116. The second kappa shape index (κ2) is 8.26. The van der Waals surface area contributed by atoms with Gasteiger partial charge in [0, 0.05) is 35.0 Å². The van der Waals surface area contributed by atoms with Crippen molar-refractivity contribution in [3.63, 3.8) is 0 Å². The third kappa shape index (κ3) is 3.13. The van der Waals surface area contributed by atoms with E-state index in [1.54, 1.807) is 23.7 Å². The number of allylic oxidation sites excluding steroid dienone is 3. The Kier molecular flexibility index (Phi) is 5.28. The summed E-state index contributed by atoms with van der Waals surface area (Å²) in [4.78, 5) is 20.5. The summed E-state index contributed by atoms with van der Waals surface area (Å²) in [6.45, 7) is 0.